The molecule has 6 heteroatoms. The van der Waals surface area contributed by atoms with Gasteiger partial charge in [0.15, 0.2) is 0 Å². The Labute approximate surface area is 131 Å². The maximum Gasteiger partial charge on any atom is 0.227 e. The second-order valence-corrected chi connectivity index (χ2v) is 6.51. The molecule has 2 saturated heterocycles. The number of nitrogens with zero attached hydrogens (tertiary/aromatic N) is 3. The first kappa shape index (κ1) is 15.5. The Morgan fingerprint density at radius 3 is 2.68 bits per heavy atom. The van der Waals surface area contributed by atoms with Crippen molar-refractivity contribution in [1.29, 1.82) is 0 Å². The first-order valence-corrected chi connectivity index (χ1v) is 8.24. The van der Waals surface area contributed by atoms with Crippen LogP contribution in [0, 0.1) is 12.3 Å². The van der Waals surface area contributed by atoms with Crippen molar-refractivity contribution in [2.45, 2.75) is 32.6 Å². The predicted octanol–water partition coefficient (Wildman–Crippen LogP) is 1.59. The molecule has 0 atom stereocenters. The van der Waals surface area contributed by atoms with Crippen molar-refractivity contribution in [3.05, 3.63) is 11.8 Å². The molecule has 0 saturated carbocycles. The van der Waals surface area contributed by atoms with Crippen LogP contribution in [0.25, 0.3) is 0 Å². The quantitative estimate of drug-likeness (QED) is 0.861. The standard InChI is InChI=1S/C16H26N4O2/c1-13-10-14(19-15(18-13)20-6-2-3-7-20)17-11-16(12-21)4-8-22-9-5-16/h10,21H,2-9,11-12H2,1H3,(H,17,18,19). The van der Waals surface area contributed by atoms with E-state index in [-0.39, 0.29) is 12.0 Å². The van der Waals surface area contributed by atoms with E-state index in [1.807, 2.05) is 13.0 Å². The molecule has 2 fully saturated rings. The van der Waals surface area contributed by atoms with E-state index in [1.54, 1.807) is 0 Å². The number of aryl methyl sites for hydroxylation is 1. The Balaban J connectivity index is 1.68. The van der Waals surface area contributed by atoms with Crippen molar-refractivity contribution in [3.63, 3.8) is 0 Å². The zero-order valence-corrected chi connectivity index (χ0v) is 13.3. The Bertz CT molecular complexity index is 497. The maximum atomic E-state index is 9.76. The van der Waals surface area contributed by atoms with Gasteiger partial charge in [0.1, 0.15) is 5.82 Å². The van der Waals surface area contributed by atoms with Crippen molar-refractivity contribution < 1.29 is 9.84 Å². The fraction of sp³-hybridized carbons (Fsp3) is 0.750. The number of hydrogen-bond acceptors (Lipinski definition) is 6. The highest BCUT2D eigenvalue weighted by Crippen LogP contribution is 2.30. The third-order valence-corrected chi connectivity index (χ3v) is 4.76. The molecule has 0 aliphatic carbocycles. The number of aliphatic hydroxyl groups is 1. The van der Waals surface area contributed by atoms with Gasteiger partial charge >= 0.3 is 0 Å². The maximum absolute atomic E-state index is 9.76. The average molecular weight is 306 g/mol. The van der Waals surface area contributed by atoms with E-state index in [0.29, 0.717) is 0 Å². The monoisotopic (exact) mass is 306 g/mol. The van der Waals surface area contributed by atoms with Crippen molar-refractivity contribution in [3.8, 4) is 0 Å². The van der Waals surface area contributed by atoms with Gasteiger partial charge in [-0.15, -0.1) is 0 Å². The first-order chi connectivity index (χ1) is 10.7. The molecule has 3 heterocycles. The van der Waals surface area contributed by atoms with Crippen LogP contribution in [0.5, 0.6) is 0 Å². The van der Waals surface area contributed by atoms with Crippen LogP contribution in [0.1, 0.15) is 31.4 Å². The van der Waals surface area contributed by atoms with Crippen LogP contribution in [0.3, 0.4) is 0 Å². The third-order valence-electron chi connectivity index (χ3n) is 4.76. The van der Waals surface area contributed by atoms with Gasteiger partial charge in [0, 0.05) is 50.0 Å². The molecule has 0 bridgehead atoms. The van der Waals surface area contributed by atoms with Gasteiger partial charge in [-0.3, -0.25) is 0 Å². The second kappa shape index (κ2) is 6.79. The van der Waals surface area contributed by atoms with Gasteiger partial charge in [0.2, 0.25) is 5.95 Å². The second-order valence-electron chi connectivity index (χ2n) is 6.51. The number of hydrogen-bond donors (Lipinski definition) is 2. The lowest BCUT2D eigenvalue weighted by Gasteiger charge is -2.35. The summed E-state index contributed by atoms with van der Waals surface area (Å²) in [4.78, 5) is 11.5. The fourth-order valence-electron chi connectivity index (χ4n) is 3.18. The number of nitrogens with one attached hydrogen (secondary N) is 1. The summed E-state index contributed by atoms with van der Waals surface area (Å²) >= 11 is 0. The lowest BCUT2D eigenvalue weighted by Crippen LogP contribution is -2.39. The van der Waals surface area contributed by atoms with E-state index in [9.17, 15) is 5.11 Å². The lowest BCUT2D eigenvalue weighted by molar-refractivity contribution is -0.00861. The van der Waals surface area contributed by atoms with Crippen molar-refractivity contribution in [2.75, 3.05) is 49.7 Å². The Hall–Kier alpha value is -1.40. The van der Waals surface area contributed by atoms with Crippen LogP contribution >= 0.6 is 0 Å². The highest BCUT2D eigenvalue weighted by Gasteiger charge is 2.32. The van der Waals surface area contributed by atoms with E-state index < -0.39 is 0 Å². The van der Waals surface area contributed by atoms with Gasteiger partial charge in [-0.1, -0.05) is 0 Å². The molecule has 0 spiro atoms. The number of ether oxygens (including phenoxy) is 1. The summed E-state index contributed by atoms with van der Waals surface area (Å²) in [5, 5.41) is 13.2. The zero-order valence-electron chi connectivity index (χ0n) is 13.3. The topological polar surface area (TPSA) is 70.5 Å². The molecule has 2 N–H and O–H groups in total. The molecule has 3 rings (SSSR count). The Kier molecular flexibility index (Phi) is 4.78. The summed E-state index contributed by atoms with van der Waals surface area (Å²) in [6.45, 7) is 6.45. The number of aliphatic hydroxyl groups excluding tert-OH is 1. The SMILES string of the molecule is Cc1cc(NCC2(CO)CCOCC2)nc(N2CCCC2)n1. The molecule has 22 heavy (non-hydrogen) atoms. The number of aromatic nitrogens is 2. The minimum absolute atomic E-state index is 0.0923. The molecule has 0 amide bonds. The smallest absolute Gasteiger partial charge is 0.227 e. The van der Waals surface area contributed by atoms with E-state index in [2.05, 4.69) is 20.2 Å². The zero-order chi connectivity index (χ0) is 15.4. The lowest BCUT2D eigenvalue weighted by atomic mass is 9.81. The molecule has 1 aromatic heterocycles. The van der Waals surface area contributed by atoms with Crippen LogP contribution in [0.2, 0.25) is 0 Å². The molecular formula is C16H26N4O2. The summed E-state index contributed by atoms with van der Waals surface area (Å²) < 4.78 is 5.41. The molecule has 0 aromatic carbocycles. The molecule has 2 aliphatic heterocycles. The predicted molar refractivity (Wildman–Crippen MR) is 86.3 cm³/mol. The molecule has 2 aliphatic rings. The highest BCUT2D eigenvalue weighted by atomic mass is 16.5. The molecule has 6 nitrogen and oxygen atoms in total. The van der Waals surface area contributed by atoms with Gasteiger partial charge in [0.25, 0.3) is 0 Å². The van der Waals surface area contributed by atoms with Gasteiger partial charge < -0.3 is 20.1 Å². The van der Waals surface area contributed by atoms with Crippen molar-refractivity contribution >= 4 is 11.8 Å². The molecular weight excluding hydrogens is 280 g/mol. The van der Waals surface area contributed by atoms with E-state index in [0.717, 1.165) is 63.1 Å². The number of anilines is 2. The van der Waals surface area contributed by atoms with Gasteiger partial charge in [-0.25, -0.2) is 4.98 Å². The molecule has 122 valence electrons. The molecule has 0 unspecified atom stereocenters. The summed E-state index contributed by atoms with van der Waals surface area (Å²) in [6.07, 6.45) is 4.21. The van der Waals surface area contributed by atoms with Crippen molar-refractivity contribution in [1.82, 2.24) is 9.97 Å². The van der Waals surface area contributed by atoms with Crippen molar-refractivity contribution in [2.24, 2.45) is 5.41 Å². The summed E-state index contributed by atoms with van der Waals surface area (Å²) in [6, 6.07) is 1.98. The average Bonchev–Trinajstić information content (AvgIpc) is 3.08. The third kappa shape index (κ3) is 3.50. The highest BCUT2D eigenvalue weighted by molar-refractivity contribution is 5.44. The summed E-state index contributed by atoms with van der Waals surface area (Å²) in [7, 11) is 0. The van der Waals surface area contributed by atoms with Gasteiger partial charge in [-0.05, 0) is 32.6 Å². The minimum atomic E-state index is -0.0923. The number of rotatable bonds is 5. The van der Waals surface area contributed by atoms with Crippen LogP contribution in [-0.2, 0) is 4.74 Å². The largest absolute Gasteiger partial charge is 0.396 e. The Morgan fingerprint density at radius 2 is 2.00 bits per heavy atom. The normalized spacial score (nSPS) is 21.1. The Morgan fingerprint density at radius 1 is 1.27 bits per heavy atom. The minimum Gasteiger partial charge on any atom is -0.396 e. The van der Waals surface area contributed by atoms with Gasteiger partial charge in [0.05, 0.1) is 6.61 Å². The van der Waals surface area contributed by atoms with E-state index >= 15 is 0 Å². The summed E-state index contributed by atoms with van der Waals surface area (Å²) in [5.41, 5.74) is 0.884. The van der Waals surface area contributed by atoms with Crippen LogP contribution in [-0.4, -0.2) is 54.5 Å². The van der Waals surface area contributed by atoms with Gasteiger partial charge in [-0.2, -0.15) is 4.98 Å². The molecule has 1 aromatic rings. The van der Waals surface area contributed by atoms with Crippen LogP contribution < -0.4 is 10.2 Å². The summed E-state index contributed by atoms with van der Waals surface area (Å²) in [5.74, 6) is 1.68. The fourth-order valence-corrected chi connectivity index (χ4v) is 3.18. The van der Waals surface area contributed by atoms with E-state index in [4.69, 9.17) is 4.74 Å². The molecule has 0 radical (unpaired) electrons. The van der Waals surface area contributed by atoms with E-state index in [1.165, 1.54) is 12.8 Å². The van der Waals surface area contributed by atoms with Crippen LogP contribution in [0.15, 0.2) is 6.07 Å². The van der Waals surface area contributed by atoms with Crippen LogP contribution in [0.4, 0.5) is 11.8 Å². The first-order valence-electron chi connectivity index (χ1n) is 8.24.